The molecule has 1 N–H and O–H groups in total. The van der Waals surface area contributed by atoms with E-state index >= 15 is 0 Å². The Morgan fingerprint density at radius 2 is 1.77 bits per heavy atom. The lowest BCUT2D eigenvalue weighted by molar-refractivity contribution is 0.102. The van der Waals surface area contributed by atoms with Gasteiger partial charge in [0.15, 0.2) is 0 Å². The molecule has 1 amide bonds. The molecular weight excluding hydrogens is 418 g/mol. The van der Waals surface area contributed by atoms with E-state index in [4.69, 9.17) is 25.6 Å². The van der Waals surface area contributed by atoms with Crippen molar-refractivity contribution in [3.8, 4) is 34.3 Å². The first-order valence-electron chi connectivity index (χ1n) is 9.31. The van der Waals surface area contributed by atoms with Crippen molar-refractivity contribution >= 4 is 23.2 Å². The van der Waals surface area contributed by atoms with Crippen molar-refractivity contribution in [2.45, 2.75) is 0 Å². The number of anilines is 1. The molecule has 3 aromatic carbocycles. The maximum atomic E-state index is 12.7. The summed E-state index contributed by atoms with van der Waals surface area (Å²) in [6.45, 7) is 0. The average molecular weight is 436 g/mol. The van der Waals surface area contributed by atoms with E-state index in [1.54, 1.807) is 43.5 Å². The number of halogens is 1. The summed E-state index contributed by atoms with van der Waals surface area (Å²) in [5.74, 6) is 1.44. The molecule has 31 heavy (non-hydrogen) atoms. The fraction of sp³-hybridized carbons (Fsp3) is 0.0870. The lowest BCUT2D eigenvalue weighted by Crippen LogP contribution is -2.13. The molecule has 8 heteroatoms. The number of methoxy groups -OCH3 is 2. The number of hydrogen-bond donors (Lipinski definition) is 1. The molecule has 0 aliphatic heterocycles. The minimum absolute atomic E-state index is 0.332. The third kappa shape index (κ3) is 4.36. The van der Waals surface area contributed by atoms with E-state index in [1.807, 2.05) is 30.3 Å². The summed E-state index contributed by atoms with van der Waals surface area (Å²) < 4.78 is 16.0. The molecule has 4 rings (SSSR count). The van der Waals surface area contributed by atoms with Gasteiger partial charge in [0, 0.05) is 16.3 Å². The van der Waals surface area contributed by atoms with Gasteiger partial charge in [-0.15, -0.1) is 0 Å². The van der Waals surface area contributed by atoms with Crippen LogP contribution in [-0.2, 0) is 0 Å². The summed E-state index contributed by atoms with van der Waals surface area (Å²) in [5.41, 5.74) is 2.27. The number of aromatic nitrogens is 2. The molecule has 0 bridgehead atoms. The van der Waals surface area contributed by atoms with Gasteiger partial charge in [0.05, 0.1) is 25.3 Å². The monoisotopic (exact) mass is 435 g/mol. The van der Waals surface area contributed by atoms with Crippen molar-refractivity contribution in [1.29, 1.82) is 0 Å². The van der Waals surface area contributed by atoms with Crippen molar-refractivity contribution < 1.29 is 18.8 Å². The predicted octanol–water partition coefficient (Wildman–Crippen LogP) is 5.33. The van der Waals surface area contributed by atoms with Crippen LogP contribution in [0.25, 0.3) is 22.8 Å². The van der Waals surface area contributed by atoms with Crippen LogP contribution in [0.15, 0.2) is 71.3 Å². The highest BCUT2D eigenvalue weighted by Gasteiger charge is 2.16. The molecular formula is C23H18ClN3O4. The van der Waals surface area contributed by atoms with Gasteiger partial charge in [-0.2, -0.15) is 4.98 Å². The average Bonchev–Trinajstić information content (AvgIpc) is 3.29. The number of ether oxygens (including phenoxy) is 2. The van der Waals surface area contributed by atoms with Crippen LogP contribution < -0.4 is 14.8 Å². The van der Waals surface area contributed by atoms with Crippen molar-refractivity contribution in [3.05, 3.63) is 77.3 Å². The van der Waals surface area contributed by atoms with Crippen LogP contribution in [0.2, 0.25) is 5.02 Å². The van der Waals surface area contributed by atoms with Gasteiger partial charge in [-0.3, -0.25) is 4.79 Å². The molecule has 0 aliphatic rings. The summed E-state index contributed by atoms with van der Waals surface area (Å²) in [5, 5.41) is 7.35. The Morgan fingerprint density at radius 1 is 0.968 bits per heavy atom. The van der Waals surface area contributed by atoms with E-state index in [2.05, 4.69) is 15.5 Å². The van der Waals surface area contributed by atoms with Crippen LogP contribution in [0.1, 0.15) is 10.4 Å². The number of nitrogens with one attached hydrogen (secondary N) is 1. The highest BCUT2D eigenvalue weighted by molar-refractivity contribution is 6.31. The van der Waals surface area contributed by atoms with Gasteiger partial charge in [-0.25, -0.2) is 0 Å². The third-order valence-electron chi connectivity index (χ3n) is 4.55. The van der Waals surface area contributed by atoms with E-state index in [9.17, 15) is 4.79 Å². The molecule has 1 aromatic heterocycles. The van der Waals surface area contributed by atoms with Gasteiger partial charge in [0.2, 0.25) is 5.82 Å². The van der Waals surface area contributed by atoms with Crippen molar-refractivity contribution in [3.63, 3.8) is 0 Å². The summed E-state index contributed by atoms with van der Waals surface area (Å²) in [7, 11) is 3.08. The molecule has 7 nitrogen and oxygen atoms in total. The Hall–Kier alpha value is -3.84. The molecule has 0 saturated carbocycles. The number of rotatable bonds is 6. The zero-order valence-electron chi connectivity index (χ0n) is 16.8. The van der Waals surface area contributed by atoms with Gasteiger partial charge in [-0.1, -0.05) is 41.0 Å². The second kappa shape index (κ2) is 8.89. The van der Waals surface area contributed by atoms with Crippen molar-refractivity contribution in [2.75, 3.05) is 19.5 Å². The maximum absolute atomic E-state index is 12.7. The summed E-state index contributed by atoms with van der Waals surface area (Å²) in [6, 6.07) is 19.4. The Kier molecular flexibility index (Phi) is 5.86. The molecule has 0 spiro atoms. The maximum Gasteiger partial charge on any atom is 0.262 e. The molecule has 0 atom stereocenters. The number of hydrogen-bond acceptors (Lipinski definition) is 6. The highest BCUT2D eigenvalue weighted by Crippen LogP contribution is 2.30. The molecule has 0 aliphatic carbocycles. The minimum atomic E-state index is -0.348. The number of carbonyl (C=O) groups excluding carboxylic acids is 1. The van der Waals surface area contributed by atoms with Gasteiger partial charge >= 0.3 is 0 Å². The van der Waals surface area contributed by atoms with Gasteiger partial charge < -0.3 is 19.3 Å². The first kappa shape index (κ1) is 20.4. The Bertz CT molecular complexity index is 1240. The number of carbonyl (C=O) groups is 1. The third-order valence-corrected chi connectivity index (χ3v) is 4.78. The second-order valence-electron chi connectivity index (χ2n) is 6.50. The fourth-order valence-electron chi connectivity index (χ4n) is 3.06. The van der Waals surface area contributed by atoms with Crippen molar-refractivity contribution in [2.24, 2.45) is 0 Å². The molecule has 4 aromatic rings. The van der Waals surface area contributed by atoms with Crippen LogP contribution in [0.4, 0.5) is 5.69 Å². The number of amides is 1. The molecule has 0 fully saturated rings. The molecule has 156 valence electrons. The predicted molar refractivity (Wildman–Crippen MR) is 118 cm³/mol. The van der Waals surface area contributed by atoms with E-state index in [-0.39, 0.29) is 5.91 Å². The number of benzene rings is 3. The quantitative estimate of drug-likeness (QED) is 0.440. The SMILES string of the molecule is COc1ccc(Cl)cc1C(=O)Nc1cccc(-c2noc(-c3ccccc3OC)n2)c1. The Morgan fingerprint density at radius 3 is 2.58 bits per heavy atom. The summed E-state index contributed by atoms with van der Waals surface area (Å²) in [6.07, 6.45) is 0. The largest absolute Gasteiger partial charge is 0.496 e. The Balaban J connectivity index is 1.59. The topological polar surface area (TPSA) is 86.5 Å². The van der Waals surface area contributed by atoms with Crippen LogP contribution in [0.3, 0.4) is 0 Å². The normalized spacial score (nSPS) is 10.5. The molecule has 1 heterocycles. The number of para-hydroxylation sites is 1. The fourth-order valence-corrected chi connectivity index (χ4v) is 3.24. The van der Waals surface area contributed by atoms with Gasteiger partial charge in [0.25, 0.3) is 11.8 Å². The first-order chi connectivity index (χ1) is 15.1. The standard InChI is InChI=1S/C23H18ClN3O4/c1-29-19-9-4-3-8-17(19)23-26-21(27-31-23)14-6-5-7-16(12-14)25-22(28)18-13-15(24)10-11-20(18)30-2/h3-13H,1-2H3,(H,25,28). The number of nitrogens with zero attached hydrogens (tertiary/aromatic N) is 2. The molecule has 0 unspecified atom stereocenters. The van der Waals surface area contributed by atoms with Crippen molar-refractivity contribution in [1.82, 2.24) is 10.1 Å². The van der Waals surface area contributed by atoms with E-state index in [1.165, 1.54) is 7.11 Å². The smallest absolute Gasteiger partial charge is 0.262 e. The van der Waals surface area contributed by atoms with Crippen LogP contribution in [-0.4, -0.2) is 30.3 Å². The molecule has 0 radical (unpaired) electrons. The highest BCUT2D eigenvalue weighted by atomic mass is 35.5. The minimum Gasteiger partial charge on any atom is -0.496 e. The van der Waals surface area contributed by atoms with Crippen LogP contribution in [0.5, 0.6) is 11.5 Å². The van der Waals surface area contributed by atoms with E-state index < -0.39 is 0 Å². The lowest BCUT2D eigenvalue weighted by atomic mass is 10.1. The zero-order chi connectivity index (χ0) is 21.8. The summed E-state index contributed by atoms with van der Waals surface area (Å²) >= 11 is 6.03. The van der Waals surface area contributed by atoms with Crippen LogP contribution >= 0.6 is 11.6 Å². The van der Waals surface area contributed by atoms with E-state index in [0.717, 1.165) is 0 Å². The zero-order valence-corrected chi connectivity index (χ0v) is 17.5. The second-order valence-corrected chi connectivity index (χ2v) is 6.94. The summed E-state index contributed by atoms with van der Waals surface area (Å²) in [4.78, 5) is 17.2. The first-order valence-corrected chi connectivity index (χ1v) is 9.69. The van der Waals surface area contributed by atoms with E-state index in [0.29, 0.717) is 50.6 Å². The Labute approximate surface area is 183 Å². The van der Waals surface area contributed by atoms with Gasteiger partial charge in [0.1, 0.15) is 11.5 Å². The van der Waals surface area contributed by atoms with Crippen LogP contribution in [0, 0.1) is 0 Å². The lowest BCUT2D eigenvalue weighted by Gasteiger charge is -2.10. The molecule has 0 saturated heterocycles. The van der Waals surface area contributed by atoms with Gasteiger partial charge in [-0.05, 0) is 42.5 Å².